The van der Waals surface area contributed by atoms with Crippen LogP contribution in [-0.2, 0) is 29.5 Å². The first kappa shape index (κ1) is 18.6. The van der Waals surface area contributed by atoms with E-state index >= 15 is 0 Å². The molecule has 2 aromatic carbocycles. The average molecular weight is 346 g/mol. The maximum atomic E-state index is 12.9. The van der Waals surface area contributed by atoms with Gasteiger partial charge in [-0.3, -0.25) is 0 Å². The van der Waals surface area contributed by atoms with Crippen LogP contribution < -0.4 is 5.32 Å². The van der Waals surface area contributed by atoms with E-state index in [4.69, 9.17) is 0 Å². The number of rotatable bonds is 8. The van der Waals surface area contributed by atoms with Crippen LogP contribution in [0, 0.1) is 0 Å². The zero-order valence-electron chi connectivity index (χ0n) is 14.6. The molecule has 0 saturated carbocycles. The van der Waals surface area contributed by atoms with Gasteiger partial charge in [0, 0.05) is 20.1 Å². The molecule has 0 aromatic heterocycles. The molecule has 0 unspecified atom stereocenters. The predicted molar refractivity (Wildman–Crippen MR) is 98.3 cm³/mol. The molecule has 0 atom stereocenters. The second-order valence-corrected chi connectivity index (χ2v) is 7.86. The lowest BCUT2D eigenvalue weighted by atomic mass is 10.1. The molecule has 1 N–H and O–H groups in total. The van der Waals surface area contributed by atoms with Gasteiger partial charge in [-0.25, -0.2) is 8.42 Å². The Morgan fingerprint density at radius 2 is 1.71 bits per heavy atom. The summed E-state index contributed by atoms with van der Waals surface area (Å²) >= 11 is 0. The van der Waals surface area contributed by atoms with Gasteiger partial charge in [-0.15, -0.1) is 0 Å². The number of hydrogen-bond acceptors (Lipinski definition) is 3. The quantitative estimate of drug-likeness (QED) is 0.799. The summed E-state index contributed by atoms with van der Waals surface area (Å²) in [7, 11) is -1.88. The minimum absolute atomic E-state index is 0.353. The minimum Gasteiger partial charge on any atom is -0.313 e. The van der Waals surface area contributed by atoms with Crippen molar-refractivity contribution in [3.05, 3.63) is 65.2 Å². The summed E-state index contributed by atoms with van der Waals surface area (Å²) in [5.74, 6) is 0. The molecule has 2 aromatic rings. The standard InChI is InChI=1S/C19H26N2O2S/c1-4-17-11-12-19(13-18(17)14-20-5-2)24(22,23)21(3)15-16-9-7-6-8-10-16/h6-13,20H,4-5,14-15H2,1-3H3. The van der Waals surface area contributed by atoms with Gasteiger partial charge in [0.15, 0.2) is 0 Å². The van der Waals surface area contributed by atoms with Gasteiger partial charge >= 0.3 is 0 Å². The highest BCUT2D eigenvalue weighted by Gasteiger charge is 2.21. The fourth-order valence-corrected chi connectivity index (χ4v) is 3.85. The molecule has 0 saturated heterocycles. The smallest absolute Gasteiger partial charge is 0.243 e. The maximum absolute atomic E-state index is 12.9. The number of benzene rings is 2. The van der Waals surface area contributed by atoms with Crippen LogP contribution in [0.3, 0.4) is 0 Å². The number of aryl methyl sites for hydroxylation is 1. The third-order valence-corrected chi connectivity index (χ3v) is 5.88. The van der Waals surface area contributed by atoms with Gasteiger partial charge < -0.3 is 5.32 Å². The van der Waals surface area contributed by atoms with E-state index < -0.39 is 10.0 Å². The van der Waals surface area contributed by atoms with Crippen molar-refractivity contribution in [2.75, 3.05) is 13.6 Å². The third-order valence-electron chi connectivity index (χ3n) is 4.08. The van der Waals surface area contributed by atoms with Crippen molar-refractivity contribution in [2.24, 2.45) is 0 Å². The first-order valence-electron chi connectivity index (χ1n) is 8.31. The van der Waals surface area contributed by atoms with Crippen LogP contribution in [0.25, 0.3) is 0 Å². The topological polar surface area (TPSA) is 49.4 Å². The van der Waals surface area contributed by atoms with E-state index in [1.54, 1.807) is 19.2 Å². The van der Waals surface area contributed by atoms with Crippen molar-refractivity contribution in [3.8, 4) is 0 Å². The van der Waals surface area contributed by atoms with Gasteiger partial charge in [0.25, 0.3) is 0 Å². The van der Waals surface area contributed by atoms with E-state index in [2.05, 4.69) is 12.2 Å². The zero-order valence-corrected chi connectivity index (χ0v) is 15.4. The SMILES string of the molecule is CCNCc1cc(S(=O)(=O)N(C)Cc2ccccc2)ccc1CC. The lowest BCUT2D eigenvalue weighted by Crippen LogP contribution is -2.27. The second kappa shape index (κ2) is 8.42. The number of nitrogens with one attached hydrogen (secondary N) is 1. The fourth-order valence-electron chi connectivity index (χ4n) is 2.64. The van der Waals surface area contributed by atoms with Crippen LogP contribution >= 0.6 is 0 Å². The Morgan fingerprint density at radius 3 is 2.33 bits per heavy atom. The molecule has 0 aliphatic heterocycles. The van der Waals surface area contributed by atoms with Crippen molar-refractivity contribution >= 4 is 10.0 Å². The van der Waals surface area contributed by atoms with E-state index in [1.807, 2.05) is 43.3 Å². The summed E-state index contributed by atoms with van der Waals surface area (Å²) < 4.78 is 27.1. The van der Waals surface area contributed by atoms with Crippen LogP contribution in [0.1, 0.15) is 30.5 Å². The van der Waals surface area contributed by atoms with Gasteiger partial charge in [-0.1, -0.05) is 50.2 Å². The van der Waals surface area contributed by atoms with E-state index in [0.717, 1.165) is 24.1 Å². The van der Waals surface area contributed by atoms with Gasteiger partial charge in [-0.05, 0) is 41.8 Å². The average Bonchev–Trinajstić information content (AvgIpc) is 2.60. The second-order valence-electron chi connectivity index (χ2n) is 5.81. The predicted octanol–water partition coefficient (Wildman–Crippen LogP) is 3.18. The molecular weight excluding hydrogens is 320 g/mol. The van der Waals surface area contributed by atoms with Crippen molar-refractivity contribution < 1.29 is 8.42 Å². The van der Waals surface area contributed by atoms with Gasteiger partial charge in [-0.2, -0.15) is 4.31 Å². The number of nitrogens with zero attached hydrogens (tertiary/aromatic N) is 1. The molecule has 0 aliphatic carbocycles. The third kappa shape index (κ3) is 4.44. The highest BCUT2D eigenvalue weighted by atomic mass is 32.2. The molecule has 0 spiro atoms. The summed E-state index contributed by atoms with van der Waals surface area (Å²) in [6.45, 7) is 6.03. The Kier molecular flexibility index (Phi) is 6.54. The minimum atomic E-state index is -3.50. The Labute approximate surface area is 145 Å². The number of hydrogen-bond donors (Lipinski definition) is 1. The highest BCUT2D eigenvalue weighted by Crippen LogP contribution is 2.21. The molecule has 2 rings (SSSR count). The van der Waals surface area contributed by atoms with Gasteiger partial charge in [0.2, 0.25) is 10.0 Å². The van der Waals surface area contributed by atoms with Crippen LogP contribution in [0.2, 0.25) is 0 Å². The molecule has 0 heterocycles. The summed E-state index contributed by atoms with van der Waals surface area (Å²) in [6.07, 6.45) is 0.890. The highest BCUT2D eigenvalue weighted by molar-refractivity contribution is 7.89. The summed E-state index contributed by atoms with van der Waals surface area (Å²) in [5, 5.41) is 3.28. The maximum Gasteiger partial charge on any atom is 0.243 e. The Morgan fingerprint density at radius 1 is 1.00 bits per heavy atom. The molecular formula is C19H26N2O2S. The van der Waals surface area contributed by atoms with Gasteiger partial charge in [0.05, 0.1) is 4.90 Å². The van der Waals surface area contributed by atoms with Crippen molar-refractivity contribution in [1.29, 1.82) is 0 Å². The van der Waals surface area contributed by atoms with E-state index in [9.17, 15) is 8.42 Å². The van der Waals surface area contributed by atoms with E-state index in [0.29, 0.717) is 18.0 Å². The van der Waals surface area contributed by atoms with Crippen LogP contribution in [0.5, 0.6) is 0 Å². The largest absolute Gasteiger partial charge is 0.313 e. The van der Waals surface area contributed by atoms with Gasteiger partial charge in [0.1, 0.15) is 0 Å². The summed E-state index contributed by atoms with van der Waals surface area (Å²) in [6, 6.07) is 15.1. The van der Waals surface area contributed by atoms with Crippen LogP contribution in [0.15, 0.2) is 53.4 Å². The van der Waals surface area contributed by atoms with Crippen molar-refractivity contribution in [2.45, 2.75) is 38.3 Å². The monoisotopic (exact) mass is 346 g/mol. The normalized spacial score (nSPS) is 11.8. The van der Waals surface area contributed by atoms with Crippen molar-refractivity contribution in [1.82, 2.24) is 9.62 Å². The zero-order chi connectivity index (χ0) is 17.6. The number of sulfonamides is 1. The molecule has 5 heteroatoms. The Bertz CT molecular complexity index is 758. The van der Waals surface area contributed by atoms with Crippen molar-refractivity contribution in [3.63, 3.8) is 0 Å². The Balaban J connectivity index is 2.27. The molecule has 0 bridgehead atoms. The first-order chi connectivity index (χ1) is 11.5. The lowest BCUT2D eigenvalue weighted by molar-refractivity contribution is 0.466. The first-order valence-corrected chi connectivity index (χ1v) is 9.75. The summed E-state index contributed by atoms with van der Waals surface area (Å²) in [4.78, 5) is 0.353. The molecule has 130 valence electrons. The Hall–Kier alpha value is -1.69. The van der Waals surface area contributed by atoms with Crippen LogP contribution in [0.4, 0.5) is 0 Å². The molecule has 4 nitrogen and oxygen atoms in total. The molecule has 0 fully saturated rings. The molecule has 0 radical (unpaired) electrons. The molecule has 24 heavy (non-hydrogen) atoms. The van der Waals surface area contributed by atoms with Crippen LogP contribution in [-0.4, -0.2) is 26.3 Å². The lowest BCUT2D eigenvalue weighted by Gasteiger charge is -2.19. The van der Waals surface area contributed by atoms with E-state index in [-0.39, 0.29) is 0 Å². The molecule has 0 aliphatic rings. The van der Waals surface area contributed by atoms with E-state index in [1.165, 1.54) is 9.87 Å². The fraction of sp³-hybridized carbons (Fsp3) is 0.368. The molecule has 0 amide bonds. The summed E-state index contributed by atoms with van der Waals surface area (Å²) in [5.41, 5.74) is 3.20.